The Labute approximate surface area is 238 Å². The molecule has 0 aliphatic rings. The third-order valence-corrected chi connectivity index (χ3v) is 8.91. The van der Waals surface area contributed by atoms with Crippen LogP contribution in [0.15, 0.2) is 138 Å². The number of pyridine rings is 1. The van der Waals surface area contributed by atoms with Gasteiger partial charge in [-0.3, -0.25) is 9.20 Å². The molecule has 0 saturated carbocycles. The molecule has 0 unspecified atom stereocenters. The van der Waals surface area contributed by atoms with Gasteiger partial charge in [-0.25, -0.2) is 0 Å². The van der Waals surface area contributed by atoms with E-state index in [0.29, 0.717) is 0 Å². The van der Waals surface area contributed by atoms with Crippen LogP contribution in [0.4, 0.5) is 0 Å². The summed E-state index contributed by atoms with van der Waals surface area (Å²) in [5.74, 6) is 0. The summed E-state index contributed by atoms with van der Waals surface area (Å²) in [6.45, 7) is 0. The van der Waals surface area contributed by atoms with Crippen molar-refractivity contribution in [1.82, 2.24) is 17.8 Å². The van der Waals surface area contributed by atoms with E-state index >= 15 is 0 Å². The molecular formula is C37H22N4O. The van der Waals surface area contributed by atoms with Crippen molar-refractivity contribution in [2.24, 2.45) is 0 Å². The van der Waals surface area contributed by atoms with Gasteiger partial charge in [-0.1, -0.05) is 72.8 Å². The van der Waals surface area contributed by atoms with Crippen LogP contribution in [0.2, 0.25) is 0 Å². The van der Waals surface area contributed by atoms with E-state index in [4.69, 9.17) is 0 Å². The average Bonchev–Trinajstić information content (AvgIpc) is 3.06. The van der Waals surface area contributed by atoms with Gasteiger partial charge in [-0.2, -0.15) is 0 Å². The van der Waals surface area contributed by atoms with Crippen LogP contribution >= 0.6 is 0 Å². The number of benzene rings is 6. The molecule has 0 radical (unpaired) electrons. The lowest BCUT2D eigenvalue weighted by Crippen LogP contribution is -2.18. The maximum Gasteiger partial charge on any atom is 0.263 e. The number of hydrogen-bond donors (Lipinski definition) is 0. The number of para-hydroxylation sites is 6. The standard InChI is InChI=1S/C37H22N4O/c42-37-26-14-5-4-13-24(26)25-15-10-20-31-34(25)41(37)33-22-21-32-35-36(33)40(31)30-19-9-8-18-29(30)39(35)28-17-7-6-16-27(28)38(32)23-11-2-1-3-12-23/h1-22H. The predicted molar refractivity (Wildman–Crippen MR) is 172 cm³/mol. The second kappa shape index (κ2) is 7.68. The van der Waals surface area contributed by atoms with Crippen LogP contribution in [-0.4, -0.2) is 17.8 Å². The zero-order valence-electron chi connectivity index (χ0n) is 22.4. The van der Waals surface area contributed by atoms with Gasteiger partial charge in [0, 0.05) is 16.5 Å². The molecule has 0 N–H and O–H groups in total. The summed E-state index contributed by atoms with van der Waals surface area (Å²) in [6, 6.07) is 46.4. The van der Waals surface area contributed by atoms with E-state index in [1.807, 2.05) is 22.6 Å². The zero-order valence-corrected chi connectivity index (χ0v) is 22.4. The van der Waals surface area contributed by atoms with Gasteiger partial charge in [-0.05, 0) is 66.0 Å². The van der Waals surface area contributed by atoms with Gasteiger partial charge in [0.1, 0.15) is 0 Å². The van der Waals surface area contributed by atoms with Crippen molar-refractivity contribution in [3.63, 3.8) is 0 Å². The normalized spacial score (nSPS) is 12.4. The van der Waals surface area contributed by atoms with Gasteiger partial charge in [0.15, 0.2) is 0 Å². The maximum atomic E-state index is 14.3. The molecule has 5 heteroatoms. The van der Waals surface area contributed by atoms with Gasteiger partial charge in [-0.15, -0.1) is 0 Å². The van der Waals surface area contributed by atoms with E-state index in [-0.39, 0.29) is 5.56 Å². The highest BCUT2D eigenvalue weighted by Crippen LogP contribution is 2.39. The van der Waals surface area contributed by atoms with Gasteiger partial charge < -0.3 is 13.4 Å². The van der Waals surface area contributed by atoms with Crippen LogP contribution in [0.5, 0.6) is 0 Å². The van der Waals surface area contributed by atoms with Crippen molar-refractivity contribution in [2.75, 3.05) is 0 Å². The Morgan fingerprint density at radius 2 is 0.833 bits per heavy atom. The molecule has 10 rings (SSSR count). The molecular weight excluding hydrogens is 516 g/mol. The number of aromatic nitrogens is 4. The summed E-state index contributed by atoms with van der Waals surface area (Å²) < 4.78 is 9.03. The summed E-state index contributed by atoms with van der Waals surface area (Å²) in [6.07, 6.45) is 0. The van der Waals surface area contributed by atoms with Crippen molar-refractivity contribution in [1.29, 1.82) is 0 Å². The average molecular weight is 539 g/mol. The van der Waals surface area contributed by atoms with Crippen LogP contribution in [0.25, 0.3) is 77.0 Å². The monoisotopic (exact) mass is 538 g/mol. The first-order valence-corrected chi connectivity index (χ1v) is 14.2. The Hall–Kier alpha value is -5.81. The van der Waals surface area contributed by atoms with Gasteiger partial charge in [0.25, 0.3) is 5.56 Å². The van der Waals surface area contributed by atoms with E-state index in [9.17, 15) is 4.79 Å². The van der Waals surface area contributed by atoms with E-state index in [1.54, 1.807) is 0 Å². The van der Waals surface area contributed by atoms with Gasteiger partial charge in [0.05, 0.1) is 55.2 Å². The van der Waals surface area contributed by atoms with E-state index in [1.165, 1.54) is 0 Å². The second-order valence-corrected chi connectivity index (χ2v) is 11.0. The fourth-order valence-electron chi connectivity index (χ4n) is 7.29. The third kappa shape index (κ3) is 2.52. The lowest BCUT2D eigenvalue weighted by Gasteiger charge is -2.25. The molecule has 0 amide bonds. The van der Waals surface area contributed by atoms with E-state index in [2.05, 4.69) is 129 Å². The molecule has 0 aliphatic heterocycles. The minimum absolute atomic E-state index is 0.00272. The van der Waals surface area contributed by atoms with E-state index < -0.39 is 0 Å². The second-order valence-electron chi connectivity index (χ2n) is 11.0. The van der Waals surface area contributed by atoms with E-state index in [0.717, 1.165) is 77.0 Å². The highest BCUT2D eigenvalue weighted by Gasteiger charge is 2.23. The molecule has 0 spiro atoms. The van der Waals surface area contributed by atoms with Crippen molar-refractivity contribution in [3.05, 3.63) is 144 Å². The summed E-state index contributed by atoms with van der Waals surface area (Å²) in [7, 11) is 0. The molecule has 196 valence electrons. The molecule has 0 bridgehead atoms. The van der Waals surface area contributed by atoms with Crippen molar-refractivity contribution in [3.8, 4) is 5.69 Å². The van der Waals surface area contributed by atoms with Crippen molar-refractivity contribution >= 4 is 71.3 Å². The Kier molecular flexibility index (Phi) is 4.01. The lowest BCUT2D eigenvalue weighted by atomic mass is 10.0. The molecule has 0 aliphatic carbocycles. The van der Waals surface area contributed by atoms with Crippen molar-refractivity contribution in [2.45, 2.75) is 0 Å². The number of fused-ring (bicyclic) bond motifs is 9. The Bertz CT molecular complexity index is 2810. The quantitative estimate of drug-likeness (QED) is 0.153. The van der Waals surface area contributed by atoms with Gasteiger partial charge >= 0.3 is 0 Å². The first-order chi connectivity index (χ1) is 20.8. The summed E-state index contributed by atoms with van der Waals surface area (Å²) >= 11 is 0. The SMILES string of the molecule is O=c1c2ccccc2c2cccc3c2n1c1ccc2c4c1n3c1ccccc1n4c1ccccc1n2-c1ccccc1. The molecule has 0 atom stereocenters. The minimum atomic E-state index is 0.00272. The third-order valence-electron chi connectivity index (χ3n) is 8.91. The van der Waals surface area contributed by atoms with Crippen LogP contribution in [0.1, 0.15) is 0 Å². The molecule has 6 aromatic carbocycles. The molecule has 4 aromatic heterocycles. The molecule has 5 nitrogen and oxygen atoms in total. The van der Waals surface area contributed by atoms with Crippen LogP contribution < -0.4 is 5.56 Å². The summed E-state index contributed by atoms with van der Waals surface area (Å²) in [5.41, 5.74) is 11.5. The van der Waals surface area contributed by atoms with Gasteiger partial charge in [0.2, 0.25) is 0 Å². The fraction of sp³-hybridized carbons (Fsp3) is 0. The first-order valence-electron chi connectivity index (χ1n) is 14.2. The largest absolute Gasteiger partial charge is 0.306 e. The smallest absolute Gasteiger partial charge is 0.263 e. The molecule has 0 fully saturated rings. The maximum absolute atomic E-state index is 14.3. The van der Waals surface area contributed by atoms with Crippen molar-refractivity contribution < 1.29 is 0 Å². The lowest BCUT2D eigenvalue weighted by molar-refractivity contribution is 1.10. The molecule has 42 heavy (non-hydrogen) atoms. The number of hydrogen-bond acceptors (Lipinski definition) is 1. The van der Waals surface area contributed by atoms with Crippen LogP contribution in [0, 0.1) is 0 Å². The molecule has 0 saturated heterocycles. The summed E-state index contributed by atoms with van der Waals surface area (Å²) in [5, 5.41) is 2.78. The highest BCUT2D eigenvalue weighted by molar-refractivity contribution is 6.17. The highest BCUT2D eigenvalue weighted by atomic mass is 16.1. The van der Waals surface area contributed by atoms with Crippen LogP contribution in [0.3, 0.4) is 0 Å². The summed E-state index contributed by atoms with van der Waals surface area (Å²) in [4.78, 5) is 14.3. The first kappa shape index (κ1) is 21.9. The Balaban J connectivity index is 1.63. The van der Waals surface area contributed by atoms with Crippen LogP contribution in [-0.2, 0) is 0 Å². The fourth-order valence-corrected chi connectivity index (χ4v) is 7.29. The number of nitrogens with zero attached hydrogens (tertiary/aromatic N) is 4. The molecule has 4 heterocycles. The Morgan fingerprint density at radius 1 is 0.333 bits per heavy atom. The minimum Gasteiger partial charge on any atom is -0.306 e. The Morgan fingerprint density at radius 3 is 1.60 bits per heavy atom. The molecule has 10 aromatic rings. The zero-order chi connectivity index (χ0) is 27.5. The predicted octanol–water partition coefficient (Wildman–Crippen LogP) is 8.36. The topological polar surface area (TPSA) is 35.2 Å². The number of rotatable bonds is 1.